The van der Waals surface area contributed by atoms with Crippen molar-refractivity contribution in [2.75, 3.05) is 20.1 Å². The number of nitrogens with one attached hydrogen (secondary N) is 1. The Labute approximate surface area is 153 Å². The topological polar surface area (TPSA) is 75.7 Å². The third-order valence-electron chi connectivity index (χ3n) is 4.28. The van der Waals surface area contributed by atoms with Crippen molar-refractivity contribution in [2.24, 2.45) is 0 Å². The fourth-order valence-electron chi connectivity index (χ4n) is 2.81. The number of fused-ring (bicyclic) bond motifs is 1. The van der Waals surface area contributed by atoms with E-state index < -0.39 is 0 Å². The first-order valence-electron chi connectivity index (χ1n) is 9.01. The molecule has 2 aromatic heterocycles. The minimum atomic E-state index is -0.172. The molecule has 0 bridgehead atoms. The van der Waals surface area contributed by atoms with Crippen molar-refractivity contribution in [1.29, 1.82) is 0 Å². The molecule has 0 fully saturated rings. The fraction of sp³-hybridized carbons (Fsp3) is 0.421. The lowest BCUT2D eigenvalue weighted by molar-refractivity contribution is 0.0943. The molecule has 3 rings (SSSR count). The second-order valence-electron chi connectivity index (χ2n) is 6.41. The first-order valence-corrected chi connectivity index (χ1v) is 9.01. The van der Waals surface area contributed by atoms with Gasteiger partial charge in [-0.05, 0) is 25.5 Å². The molecular weight excluding hydrogens is 330 g/mol. The van der Waals surface area contributed by atoms with E-state index in [1.165, 1.54) is 16.4 Å². The van der Waals surface area contributed by atoms with E-state index >= 15 is 0 Å². The van der Waals surface area contributed by atoms with Crippen molar-refractivity contribution in [1.82, 2.24) is 24.8 Å². The lowest BCUT2D eigenvalue weighted by atomic mass is 10.1. The van der Waals surface area contributed by atoms with Gasteiger partial charge in [-0.15, -0.1) is 0 Å². The van der Waals surface area contributed by atoms with Crippen LogP contribution in [0.15, 0.2) is 41.1 Å². The summed E-state index contributed by atoms with van der Waals surface area (Å²) in [5, 5.41) is 7.06. The van der Waals surface area contributed by atoms with Gasteiger partial charge in [0.25, 0.3) is 5.91 Å². The lowest BCUT2D eigenvalue weighted by Gasteiger charge is -2.15. The molecule has 0 unspecified atom stereocenters. The van der Waals surface area contributed by atoms with E-state index in [-0.39, 0.29) is 5.91 Å². The Bertz CT molecular complexity index is 840. The van der Waals surface area contributed by atoms with Gasteiger partial charge in [-0.3, -0.25) is 9.69 Å². The molecule has 0 aliphatic rings. The summed E-state index contributed by atoms with van der Waals surface area (Å²) in [4.78, 5) is 18.8. The summed E-state index contributed by atoms with van der Waals surface area (Å²) >= 11 is 0. The number of likely N-dealkylation sites (N-methyl/N-ethyl adjacent to an activating group) is 1. The minimum Gasteiger partial charge on any atom is -0.425 e. The fourth-order valence-corrected chi connectivity index (χ4v) is 2.81. The van der Waals surface area contributed by atoms with Crippen LogP contribution < -0.4 is 5.32 Å². The van der Waals surface area contributed by atoms with E-state index in [4.69, 9.17) is 4.42 Å². The Kier molecular flexibility index (Phi) is 6.01. The van der Waals surface area contributed by atoms with E-state index in [2.05, 4.69) is 39.4 Å². The SMILES string of the molecule is CCCCNC(=O)c1c(CN(C)CCc2ccccc2)oc2ncnn12. The number of oxazole rings is 1. The zero-order valence-corrected chi connectivity index (χ0v) is 15.3. The van der Waals surface area contributed by atoms with Crippen molar-refractivity contribution < 1.29 is 9.21 Å². The summed E-state index contributed by atoms with van der Waals surface area (Å²) in [5.41, 5.74) is 1.72. The monoisotopic (exact) mass is 355 g/mol. The molecule has 0 radical (unpaired) electrons. The number of unbranched alkanes of at least 4 members (excludes halogenated alkanes) is 1. The molecule has 1 aromatic carbocycles. The predicted molar refractivity (Wildman–Crippen MR) is 99.0 cm³/mol. The highest BCUT2D eigenvalue weighted by molar-refractivity contribution is 5.94. The molecule has 3 aromatic rings. The third kappa shape index (κ3) is 4.29. The van der Waals surface area contributed by atoms with Gasteiger partial charge < -0.3 is 9.73 Å². The van der Waals surface area contributed by atoms with E-state index in [1.807, 2.05) is 25.2 Å². The third-order valence-corrected chi connectivity index (χ3v) is 4.28. The van der Waals surface area contributed by atoms with Crippen LogP contribution >= 0.6 is 0 Å². The highest BCUT2D eigenvalue weighted by Crippen LogP contribution is 2.16. The molecule has 138 valence electrons. The van der Waals surface area contributed by atoms with Crippen LogP contribution in [0.1, 0.15) is 41.6 Å². The number of benzene rings is 1. The standard InChI is InChI=1S/C19H25N5O2/c1-3-4-11-20-18(25)17-16(26-19-21-14-22-24(17)19)13-23(2)12-10-15-8-6-5-7-9-15/h5-9,14H,3-4,10-13H2,1-2H3,(H,20,25). The van der Waals surface area contributed by atoms with Crippen LogP contribution in [-0.4, -0.2) is 45.5 Å². The van der Waals surface area contributed by atoms with Gasteiger partial charge in [0.15, 0.2) is 11.5 Å². The second-order valence-corrected chi connectivity index (χ2v) is 6.41. The molecule has 26 heavy (non-hydrogen) atoms. The molecule has 1 N–H and O–H groups in total. The molecule has 0 atom stereocenters. The number of hydrogen-bond donors (Lipinski definition) is 1. The number of nitrogens with zero attached hydrogens (tertiary/aromatic N) is 4. The van der Waals surface area contributed by atoms with Crippen molar-refractivity contribution in [2.45, 2.75) is 32.7 Å². The van der Waals surface area contributed by atoms with Crippen LogP contribution in [0.4, 0.5) is 0 Å². The number of hydrogen-bond acceptors (Lipinski definition) is 5. The summed E-state index contributed by atoms with van der Waals surface area (Å²) in [5.74, 6) is 0.761. The van der Waals surface area contributed by atoms with Gasteiger partial charge in [-0.1, -0.05) is 43.7 Å². The average molecular weight is 355 g/mol. The van der Waals surface area contributed by atoms with Gasteiger partial charge in [0.05, 0.1) is 6.54 Å². The molecule has 0 aliphatic carbocycles. The smallest absolute Gasteiger partial charge is 0.325 e. The maximum atomic E-state index is 12.6. The molecule has 7 nitrogen and oxygen atoms in total. The Morgan fingerprint density at radius 1 is 1.31 bits per heavy atom. The predicted octanol–water partition coefficient (Wildman–Crippen LogP) is 2.53. The highest BCUT2D eigenvalue weighted by Gasteiger charge is 2.23. The Morgan fingerprint density at radius 2 is 2.12 bits per heavy atom. The number of rotatable bonds is 9. The number of aromatic nitrogens is 3. The average Bonchev–Trinajstić information content (AvgIpc) is 3.21. The Morgan fingerprint density at radius 3 is 2.88 bits per heavy atom. The van der Waals surface area contributed by atoms with E-state index in [1.54, 1.807) is 0 Å². The summed E-state index contributed by atoms with van der Waals surface area (Å²) in [6.07, 6.45) is 4.30. The summed E-state index contributed by atoms with van der Waals surface area (Å²) < 4.78 is 7.25. The molecule has 7 heteroatoms. The normalized spacial score (nSPS) is 11.3. The highest BCUT2D eigenvalue weighted by atomic mass is 16.4. The molecule has 0 aliphatic heterocycles. The Balaban J connectivity index is 1.69. The maximum absolute atomic E-state index is 12.6. The van der Waals surface area contributed by atoms with Gasteiger partial charge in [-0.25, -0.2) is 0 Å². The van der Waals surface area contributed by atoms with Crippen LogP contribution in [0.2, 0.25) is 0 Å². The number of amides is 1. The van der Waals surface area contributed by atoms with Crippen LogP contribution in [0, 0.1) is 0 Å². The van der Waals surface area contributed by atoms with Crippen LogP contribution in [-0.2, 0) is 13.0 Å². The summed E-state index contributed by atoms with van der Waals surface area (Å²) in [6.45, 7) is 4.11. The minimum absolute atomic E-state index is 0.172. The van der Waals surface area contributed by atoms with Gasteiger partial charge in [0.2, 0.25) is 0 Å². The van der Waals surface area contributed by atoms with Gasteiger partial charge >= 0.3 is 5.84 Å². The largest absolute Gasteiger partial charge is 0.425 e. The van der Waals surface area contributed by atoms with E-state index in [0.29, 0.717) is 30.4 Å². The molecule has 0 saturated heterocycles. The summed E-state index contributed by atoms with van der Waals surface area (Å²) in [7, 11) is 2.01. The van der Waals surface area contributed by atoms with Crippen LogP contribution in [0.3, 0.4) is 0 Å². The van der Waals surface area contributed by atoms with Crippen molar-refractivity contribution in [3.8, 4) is 0 Å². The first-order chi connectivity index (χ1) is 12.7. The molecular formula is C19H25N5O2. The second kappa shape index (κ2) is 8.62. The first kappa shape index (κ1) is 18.1. The van der Waals surface area contributed by atoms with Gasteiger partial charge in [0, 0.05) is 13.1 Å². The summed E-state index contributed by atoms with van der Waals surface area (Å²) in [6, 6.07) is 10.3. The maximum Gasteiger partial charge on any atom is 0.325 e. The van der Waals surface area contributed by atoms with Crippen molar-refractivity contribution in [3.05, 3.63) is 53.7 Å². The van der Waals surface area contributed by atoms with Crippen molar-refractivity contribution >= 4 is 11.8 Å². The molecule has 0 saturated carbocycles. The quantitative estimate of drug-likeness (QED) is 0.597. The Hall–Kier alpha value is -2.67. The zero-order valence-electron chi connectivity index (χ0n) is 15.3. The lowest BCUT2D eigenvalue weighted by Crippen LogP contribution is -2.28. The van der Waals surface area contributed by atoms with Gasteiger partial charge in [0.1, 0.15) is 6.33 Å². The molecule has 1 amide bonds. The van der Waals surface area contributed by atoms with Gasteiger partial charge in [-0.2, -0.15) is 14.6 Å². The van der Waals surface area contributed by atoms with Crippen LogP contribution in [0.5, 0.6) is 0 Å². The van der Waals surface area contributed by atoms with Crippen LogP contribution in [0.25, 0.3) is 5.84 Å². The number of carbonyl (C=O) groups excluding carboxylic acids is 1. The van der Waals surface area contributed by atoms with E-state index in [9.17, 15) is 4.79 Å². The zero-order chi connectivity index (χ0) is 18.4. The molecule has 2 heterocycles. The molecule has 0 spiro atoms. The van der Waals surface area contributed by atoms with Crippen molar-refractivity contribution in [3.63, 3.8) is 0 Å². The van der Waals surface area contributed by atoms with E-state index in [0.717, 1.165) is 25.8 Å². The number of carbonyl (C=O) groups is 1.